The number of anilines is 3. The zero-order valence-electron chi connectivity index (χ0n) is 60.1. The monoisotopic (exact) mass is 1270 g/mol. The summed E-state index contributed by atoms with van der Waals surface area (Å²) < 4.78 is 14.2. The van der Waals surface area contributed by atoms with Crippen molar-refractivity contribution in [3.05, 3.63) is 207 Å². The highest BCUT2D eigenvalue weighted by molar-refractivity contribution is 6.21. The van der Waals surface area contributed by atoms with Gasteiger partial charge in [0.15, 0.2) is 0 Å². The van der Waals surface area contributed by atoms with Gasteiger partial charge in [0.1, 0.15) is 22.3 Å². The van der Waals surface area contributed by atoms with Gasteiger partial charge in [-0.2, -0.15) is 0 Å². The summed E-state index contributed by atoms with van der Waals surface area (Å²) in [5, 5.41) is 5.04. The van der Waals surface area contributed by atoms with E-state index in [0.29, 0.717) is 0 Å². The maximum absolute atomic E-state index is 7.64. The minimum atomic E-state index is -0.281. The maximum Gasteiger partial charge on any atom is 0.144 e. The molecule has 0 fully saturated rings. The number of unbranched alkanes of at least 4 members (excludes halogenated alkanes) is 16. The number of para-hydroxylation sites is 2. The summed E-state index contributed by atoms with van der Waals surface area (Å²) >= 11 is 0. The molecule has 0 saturated heterocycles. The smallest absolute Gasteiger partial charge is 0.144 e. The average Bonchev–Trinajstić information content (AvgIpc) is 1.50. The second-order valence-electron chi connectivity index (χ2n) is 31.4. The molecular formula is C93H105NO2. The van der Waals surface area contributed by atoms with Crippen LogP contribution in [-0.2, 0) is 21.7 Å². The van der Waals surface area contributed by atoms with Crippen molar-refractivity contribution in [2.45, 2.75) is 252 Å². The van der Waals surface area contributed by atoms with E-state index in [1.165, 1.54) is 269 Å². The minimum Gasteiger partial charge on any atom is -0.456 e. The summed E-state index contributed by atoms with van der Waals surface area (Å²) in [6.07, 6.45) is 30.0. The highest BCUT2D eigenvalue weighted by atomic mass is 16.3. The lowest BCUT2D eigenvalue weighted by Gasteiger charge is -2.40. The van der Waals surface area contributed by atoms with Crippen LogP contribution in [0.25, 0.3) is 88.4 Å². The van der Waals surface area contributed by atoms with Gasteiger partial charge in [0.05, 0.1) is 5.69 Å². The first-order chi connectivity index (χ1) is 46.7. The van der Waals surface area contributed by atoms with Gasteiger partial charge in [0, 0.05) is 60.1 Å². The number of hydrogen-bond acceptors (Lipinski definition) is 3. The molecule has 2 heterocycles. The predicted molar refractivity (Wildman–Crippen MR) is 411 cm³/mol. The van der Waals surface area contributed by atoms with E-state index in [9.17, 15) is 0 Å². The van der Waals surface area contributed by atoms with Crippen LogP contribution in [0.5, 0.6) is 0 Å². The Morgan fingerprint density at radius 2 is 0.792 bits per heavy atom. The molecule has 0 atom stereocenters. The van der Waals surface area contributed by atoms with E-state index >= 15 is 0 Å². The lowest BCUT2D eigenvalue weighted by atomic mass is 9.62. The first kappa shape index (κ1) is 64.4. The van der Waals surface area contributed by atoms with Crippen LogP contribution < -0.4 is 4.90 Å². The van der Waals surface area contributed by atoms with Crippen molar-refractivity contribution in [3.63, 3.8) is 0 Å². The van der Waals surface area contributed by atoms with Crippen molar-refractivity contribution >= 4 is 60.9 Å². The van der Waals surface area contributed by atoms with E-state index in [2.05, 4.69) is 227 Å². The molecule has 494 valence electrons. The van der Waals surface area contributed by atoms with Gasteiger partial charge >= 0.3 is 0 Å². The molecule has 0 aliphatic heterocycles. The lowest BCUT2D eigenvalue weighted by molar-refractivity contribution is 0.369. The van der Waals surface area contributed by atoms with Gasteiger partial charge in [0.25, 0.3) is 0 Å². The van der Waals surface area contributed by atoms with Crippen molar-refractivity contribution in [1.82, 2.24) is 0 Å². The number of hydrogen-bond donors (Lipinski definition) is 0. The van der Waals surface area contributed by atoms with Crippen molar-refractivity contribution in [2.75, 3.05) is 4.90 Å². The molecule has 0 spiro atoms. The quantitative estimate of drug-likeness (QED) is 0.0481. The summed E-state index contributed by atoms with van der Waals surface area (Å²) in [7, 11) is 0. The SMILES string of the molecule is CCCCCCCC1(CCCCCCC)c2cc(N(c3ccc4c(c3)C(C)(C)c3cc5c(cc3-4)C(C)(C)c3ccc4oc6ccccc6c4c3-5)c3c(C)cc(C)cc3C)ccc2-c2c1c1c(c3c2oc2ccccc23)-c2ccccc2C1(CCCCCCC)CCCCCCC. The number of aryl methyl sites for hydroxylation is 3. The lowest BCUT2D eigenvalue weighted by Crippen LogP contribution is -2.33. The summed E-state index contributed by atoms with van der Waals surface area (Å²) in [6.45, 7) is 26.3. The number of benzene rings is 9. The fraction of sp³-hybridized carbons (Fsp3) is 0.419. The Morgan fingerprint density at radius 1 is 0.333 bits per heavy atom. The third kappa shape index (κ3) is 10.2. The number of fused-ring (bicyclic) bond motifs is 22. The highest BCUT2D eigenvalue weighted by Gasteiger charge is 2.54. The average molecular weight is 1270 g/mol. The van der Waals surface area contributed by atoms with Gasteiger partial charge in [-0.1, -0.05) is 280 Å². The van der Waals surface area contributed by atoms with Gasteiger partial charge in [-0.15, -0.1) is 0 Å². The third-order valence-corrected chi connectivity index (χ3v) is 24.4. The van der Waals surface area contributed by atoms with Gasteiger partial charge in [0.2, 0.25) is 0 Å². The Balaban J connectivity index is 0.963. The Bertz CT molecular complexity index is 4730. The van der Waals surface area contributed by atoms with Crippen molar-refractivity contribution in [1.29, 1.82) is 0 Å². The molecule has 0 bridgehead atoms. The van der Waals surface area contributed by atoms with Crippen LogP contribution in [0.1, 0.15) is 271 Å². The Labute approximate surface area is 574 Å². The zero-order valence-corrected chi connectivity index (χ0v) is 60.1. The first-order valence-corrected chi connectivity index (χ1v) is 38.2. The third-order valence-electron chi connectivity index (χ3n) is 24.4. The molecule has 4 aliphatic carbocycles. The first-order valence-electron chi connectivity index (χ1n) is 38.2. The van der Waals surface area contributed by atoms with Crippen LogP contribution >= 0.6 is 0 Å². The van der Waals surface area contributed by atoms with Crippen molar-refractivity contribution in [2.24, 2.45) is 0 Å². The predicted octanol–water partition coefficient (Wildman–Crippen LogP) is 28.5. The van der Waals surface area contributed by atoms with Crippen LogP contribution in [0.3, 0.4) is 0 Å². The van der Waals surface area contributed by atoms with Gasteiger partial charge in [-0.3, -0.25) is 0 Å². The number of nitrogens with zero attached hydrogens (tertiary/aromatic N) is 1. The second-order valence-corrected chi connectivity index (χ2v) is 31.4. The largest absolute Gasteiger partial charge is 0.456 e. The Morgan fingerprint density at radius 3 is 1.40 bits per heavy atom. The molecule has 96 heavy (non-hydrogen) atoms. The molecule has 3 nitrogen and oxygen atoms in total. The molecular weight excluding hydrogens is 1160 g/mol. The summed E-state index contributed by atoms with van der Waals surface area (Å²) in [4.78, 5) is 2.70. The summed E-state index contributed by atoms with van der Waals surface area (Å²) in [5.74, 6) is 0. The maximum atomic E-state index is 7.64. The highest BCUT2D eigenvalue weighted by Crippen LogP contribution is 2.68. The topological polar surface area (TPSA) is 29.5 Å². The van der Waals surface area contributed by atoms with E-state index < -0.39 is 0 Å². The Hall–Kier alpha value is -7.62. The fourth-order valence-electron chi connectivity index (χ4n) is 19.9. The van der Waals surface area contributed by atoms with Crippen LogP contribution in [0.4, 0.5) is 17.1 Å². The molecule has 0 N–H and O–H groups in total. The van der Waals surface area contributed by atoms with Crippen LogP contribution in [0.15, 0.2) is 154 Å². The second kappa shape index (κ2) is 25.7. The molecule has 4 aliphatic rings. The van der Waals surface area contributed by atoms with Crippen LogP contribution in [-0.4, -0.2) is 0 Å². The molecule has 15 rings (SSSR count). The molecule has 9 aromatic carbocycles. The van der Waals surface area contributed by atoms with Gasteiger partial charge < -0.3 is 13.7 Å². The number of furan rings is 2. The molecule has 11 aromatic rings. The summed E-state index contributed by atoms with van der Waals surface area (Å²) in [5.41, 5.74) is 34.0. The molecule has 2 aromatic heterocycles. The molecule has 0 amide bonds. The summed E-state index contributed by atoms with van der Waals surface area (Å²) in [6, 6.07) is 57.7. The van der Waals surface area contributed by atoms with Crippen LogP contribution in [0, 0.1) is 20.8 Å². The standard InChI is InChI=1S/C93H105NO2/c1-12-16-20-24-34-50-92(51-35-25-21-17-13-2)72-41-31-28-38-66(72)83-84-69-40-30-33-43-79(69)96-89(84)85-67-47-45-64(57-77(67)93(87(85)86(83)92,52-36-26-22-18-14-3)53-37-27-23-19-15-4)94(88-61(6)54-60(5)55-62(88)7)63-44-46-65-70-58-76-71(59-75(70)91(10,11)74(65)56-63)81-73(90(76,8)9)48-49-80-82(81)68-39-29-32-42-78(68)95-80/h28-33,38-49,54-59H,12-27,34-37,50-53H2,1-11H3. The zero-order chi connectivity index (χ0) is 66.3. The van der Waals surface area contributed by atoms with Crippen LogP contribution in [0.2, 0.25) is 0 Å². The van der Waals surface area contributed by atoms with Gasteiger partial charge in [-0.25, -0.2) is 0 Å². The van der Waals surface area contributed by atoms with E-state index in [1.807, 2.05) is 0 Å². The van der Waals surface area contributed by atoms with Crippen molar-refractivity contribution < 1.29 is 8.83 Å². The molecule has 0 radical (unpaired) electrons. The van der Waals surface area contributed by atoms with E-state index in [-0.39, 0.29) is 21.7 Å². The van der Waals surface area contributed by atoms with E-state index in [1.54, 1.807) is 16.7 Å². The normalized spacial score (nSPS) is 15.3. The molecule has 3 heteroatoms. The fourth-order valence-corrected chi connectivity index (χ4v) is 19.9. The number of rotatable bonds is 27. The van der Waals surface area contributed by atoms with E-state index in [4.69, 9.17) is 8.83 Å². The van der Waals surface area contributed by atoms with Crippen molar-refractivity contribution in [3.8, 4) is 44.5 Å². The molecule has 0 unspecified atom stereocenters. The van der Waals surface area contributed by atoms with E-state index in [0.717, 1.165) is 35.2 Å². The molecule has 0 saturated carbocycles. The van der Waals surface area contributed by atoms with Gasteiger partial charge in [-0.05, 0) is 196 Å². The Kier molecular flexibility index (Phi) is 17.2. The minimum absolute atomic E-state index is 0.127.